The average molecular weight is 321 g/mol. The fourth-order valence-electron chi connectivity index (χ4n) is 0.745. The van der Waals surface area contributed by atoms with Crippen molar-refractivity contribution < 1.29 is 22.3 Å². The topological polar surface area (TPSA) is 22.1 Å². The van der Waals surface area contributed by atoms with Gasteiger partial charge < -0.3 is 4.74 Å². The van der Waals surface area contributed by atoms with Crippen LogP contribution in [-0.2, 0) is 6.18 Å². The summed E-state index contributed by atoms with van der Waals surface area (Å²) >= 11 is 1.71. The maximum atomic E-state index is 12.1. The molecule has 0 N–H and O–H groups in total. The Kier molecular flexibility index (Phi) is 3.51. The summed E-state index contributed by atoms with van der Waals surface area (Å²) in [6, 6.07) is 0.668. The first kappa shape index (κ1) is 11.5. The van der Waals surface area contributed by atoms with Crippen LogP contribution in [0.1, 0.15) is 5.69 Å². The van der Waals surface area contributed by atoms with Crippen molar-refractivity contribution in [2.24, 2.45) is 0 Å². The Morgan fingerprint density at radius 3 is 2.57 bits per heavy atom. The van der Waals surface area contributed by atoms with Gasteiger partial charge in [-0.3, -0.25) is 4.98 Å². The molecule has 0 unspecified atom stereocenters. The van der Waals surface area contributed by atoms with E-state index >= 15 is 0 Å². The molecule has 0 atom stereocenters. The first-order valence-corrected chi connectivity index (χ1v) is 4.44. The second kappa shape index (κ2) is 4.28. The van der Waals surface area contributed by atoms with Gasteiger partial charge in [0.05, 0.1) is 3.57 Å². The van der Waals surface area contributed by atoms with Crippen molar-refractivity contribution in [1.82, 2.24) is 4.98 Å². The third-order valence-corrected chi connectivity index (χ3v) is 2.13. The Morgan fingerprint density at radius 2 is 2.07 bits per heavy atom. The van der Waals surface area contributed by atoms with E-state index in [9.17, 15) is 17.6 Å². The molecular formula is C7H4F4INO. The maximum absolute atomic E-state index is 12.1. The van der Waals surface area contributed by atoms with Crippen LogP contribution in [0.25, 0.3) is 0 Å². The van der Waals surface area contributed by atoms with Crippen LogP contribution in [0.5, 0.6) is 5.75 Å². The molecule has 0 radical (unpaired) electrons. The van der Waals surface area contributed by atoms with E-state index in [1.807, 2.05) is 0 Å². The quantitative estimate of drug-likeness (QED) is 0.617. The van der Waals surface area contributed by atoms with Gasteiger partial charge in [0.25, 0.3) is 0 Å². The van der Waals surface area contributed by atoms with Crippen LogP contribution in [0.15, 0.2) is 12.3 Å². The Morgan fingerprint density at radius 1 is 1.43 bits per heavy atom. The van der Waals surface area contributed by atoms with E-state index in [0.717, 1.165) is 6.20 Å². The molecule has 78 valence electrons. The molecule has 1 rings (SSSR count). The van der Waals surface area contributed by atoms with Gasteiger partial charge in [-0.1, -0.05) is 0 Å². The highest BCUT2D eigenvalue weighted by Gasteiger charge is 2.33. The summed E-state index contributed by atoms with van der Waals surface area (Å²) in [7, 11) is 0. The summed E-state index contributed by atoms with van der Waals surface area (Å²) in [6.07, 6.45) is -3.56. The van der Waals surface area contributed by atoms with Crippen LogP contribution in [-0.4, -0.2) is 11.8 Å². The number of halogens is 5. The molecule has 0 bridgehead atoms. The van der Waals surface area contributed by atoms with E-state index in [1.165, 1.54) is 0 Å². The zero-order chi connectivity index (χ0) is 10.8. The van der Waals surface area contributed by atoms with Gasteiger partial charge in [-0.15, -0.1) is 0 Å². The van der Waals surface area contributed by atoms with E-state index in [4.69, 9.17) is 0 Å². The third-order valence-electron chi connectivity index (χ3n) is 1.32. The van der Waals surface area contributed by atoms with Crippen molar-refractivity contribution >= 4 is 22.6 Å². The van der Waals surface area contributed by atoms with Crippen molar-refractivity contribution in [3.05, 3.63) is 21.5 Å². The van der Waals surface area contributed by atoms with Gasteiger partial charge >= 0.3 is 6.18 Å². The van der Waals surface area contributed by atoms with Crippen molar-refractivity contribution in [3.63, 3.8) is 0 Å². The molecule has 2 nitrogen and oxygen atoms in total. The Bertz CT molecular complexity index is 328. The van der Waals surface area contributed by atoms with Crippen LogP contribution in [0.3, 0.4) is 0 Å². The molecule has 1 heterocycles. The fraction of sp³-hybridized carbons (Fsp3) is 0.286. The van der Waals surface area contributed by atoms with Crippen molar-refractivity contribution in [3.8, 4) is 5.75 Å². The van der Waals surface area contributed by atoms with Gasteiger partial charge in [0, 0.05) is 12.3 Å². The number of pyridine rings is 1. The summed E-state index contributed by atoms with van der Waals surface area (Å²) in [5.74, 6) is -0.157. The molecule has 0 aliphatic heterocycles. The predicted molar refractivity (Wildman–Crippen MR) is 48.6 cm³/mol. The first-order chi connectivity index (χ1) is 6.45. The second-order valence-electron chi connectivity index (χ2n) is 2.25. The average Bonchev–Trinajstić information content (AvgIpc) is 2.07. The van der Waals surface area contributed by atoms with Gasteiger partial charge in [-0.25, -0.2) is 4.39 Å². The summed E-state index contributed by atoms with van der Waals surface area (Å²) in [5, 5.41) is 0. The van der Waals surface area contributed by atoms with Crippen LogP contribution >= 0.6 is 22.6 Å². The van der Waals surface area contributed by atoms with Crippen LogP contribution < -0.4 is 4.74 Å². The van der Waals surface area contributed by atoms with Crippen LogP contribution in [0, 0.1) is 3.57 Å². The van der Waals surface area contributed by atoms with E-state index in [-0.39, 0.29) is 5.75 Å². The normalized spacial score (nSPS) is 11.5. The fourth-order valence-corrected chi connectivity index (χ4v) is 1.20. The van der Waals surface area contributed by atoms with Gasteiger partial charge in [-0.2, -0.15) is 13.2 Å². The number of aromatic nitrogens is 1. The van der Waals surface area contributed by atoms with Crippen LogP contribution in [0.4, 0.5) is 17.6 Å². The molecule has 1 aromatic rings. The molecule has 0 amide bonds. The molecule has 7 heteroatoms. The highest BCUT2D eigenvalue weighted by molar-refractivity contribution is 14.1. The number of nitrogens with zero attached hydrogens (tertiary/aromatic N) is 1. The zero-order valence-corrected chi connectivity index (χ0v) is 8.76. The van der Waals surface area contributed by atoms with Crippen molar-refractivity contribution in [2.45, 2.75) is 6.18 Å². The highest BCUT2D eigenvalue weighted by atomic mass is 127. The van der Waals surface area contributed by atoms with Gasteiger partial charge in [-0.05, 0) is 22.6 Å². The lowest BCUT2D eigenvalue weighted by molar-refractivity contribution is -0.141. The number of hydrogen-bond donors (Lipinski definition) is 0. The third kappa shape index (κ3) is 2.69. The Labute approximate surface area is 90.4 Å². The lowest BCUT2D eigenvalue weighted by Gasteiger charge is -2.08. The Hall–Kier alpha value is -0.600. The minimum Gasteiger partial charge on any atom is -0.462 e. The standard InChI is InChI=1S/C7H4F4INO/c8-3-14-5-1-6(7(9,10)11)13-2-4(5)12/h1-2H,3H2. The van der Waals surface area contributed by atoms with Crippen LogP contribution in [0.2, 0.25) is 0 Å². The Balaban J connectivity index is 3.06. The van der Waals surface area contributed by atoms with E-state index in [2.05, 4.69) is 9.72 Å². The lowest BCUT2D eigenvalue weighted by Crippen LogP contribution is -2.08. The molecule has 0 aliphatic carbocycles. The number of alkyl halides is 4. The largest absolute Gasteiger partial charge is 0.462 e. The first-order valence-electron chi connectivity index (χ1n) is 3.36. The molecular weight excluding hydrogens is 317 g/mol. The summed E-state index contributed by atoms with van der Waals surface area (Å²) in [4.78, 5) is 3.16. The minimum absolute atomic E-state index is 0.157. The number of ether oxygens (including phenoxy) is 1. The summed E-state index contributed by atoms with van der Waals surface area (Å²) in [5.41, 5.74) is -1.10. The maximum Gasteiger partial charge on any atom is 0.433 e. The predicted octanol–water partition coefficient (Wildman–Crippen LogP) is 3.01. The molecule has 0 saturated carbocycles. The van der Waals surface area contributed by atoms with Crippen molar-refractivity contribution in [2.75, 3.05) is 6.86 Å². The SMILES string of the molecule is FCOc1cc(C(F)(F)F)ncc1I. The van der Waals surface area contributed by atoms with Gasteiger partial charge in [0.2, 0.25) is 6.86 Å². The van der Waals surface area contributed by atoms with E-state index in [0.29, 0.717) is 9.64 Å². The molecule has 0 spiro atoms. The molecule has 0 aliphatic rings. The monoisotopic (exact) mass is 321 g/mol. The number of rotatable bonds is 2. The molecule has 0 fully saturated rings. The molecule has 0 saturated heterocycles. The second-order valence-corrected chi connectivity index (χ2v) is 3.41. The lowest BCUT2D eigenvalue weighted by atomic mass is 10.3. The van der Waals surface area contributed by atoms with Gasteiger partial charge in [0.15, 0.2) is 0 Å². The molecule has 1 aromatic heterocycles. The van der Waals surface area contributed by atoms with Gasteiger partial charge in [0.1, 0.15) is 11.4 Å². The van der Waals surface area contributed by atoms with Crippen molar-refractivity contribution in [1.29, 1.82) is 0 Å². The molecule has 14 heavy (non-hydrogen) atoms. The minimum atomic E-state index is -4.54. The zero-order valence-electron chi connectivity index (χ0n) is 6.61. The smallest absolute Gasteiger partial charge is 0.433 e. The highest BCUT2D eigenvalue weighted by Crippen LogP contribution is 2.31. The summed E-state index contributed by atoms with van der Waals surface area (Å²) < 4.78 is 52.8. The van der Waals surface area contributed by atoms with E-state index < -0.39 is 18.7 Å². The summed E-state index contributed by atoms with van der Waals surface area (Å²) in [6.45, 7) is -1.17. The number of hydrogen-bond acceptors (Lipinski definition) is 2. The molecule has 0 aromatic carbocycles. The van der Waals surface area contributed by atoms with E-state index in [1.54, 1.807) is 22.6 Å².